The van der Waals surface area contributed by atoms with E-state index in [1.807, 2.05) is 0 Å². The molecule has 3 N–H and O–H groups in total. The van der Waals surface area contributed by atoms with E-state index in [4.69, 9.17) is 20.0 Å². The average molecular weight is 599 g/mol. The van der Waals surface area contributed by atoms with Crippen LogP contribution in [0.3, 0.4) is 0 Å². The smallest absolute Gasteiger partial charge is 0.389 e. The Balaban J connectivity index is 1.48. The van der Waals surface area contributed by atoms with E-state index in [1.165, 1.54) is 10.7 Å². The van der Waals surface area contributed by atoms with Crippen LogP contribution in [-0.4, -0.2) is 50.3 Å². The van der Waals surface area contributed by atoms with Crippen molar-refractivity contribution in [1.29, 1.82) is 0 Å². The topological polar surface area (TPSA) is 138 Å². The molecule has 3 aromatic rings. The number of rotatable bonds is 11. The molecule has 10 nitrogen and oxygen atoms in total. The first-order chi connectivity index (χ1) is 19.8. The fourth-order valence-corrected chi connectivity index (χ4v) is 5.55. The number of imidazole rings is 1. The number of nitrogens with one attached hydrogen (secondary N) is 1. The summed E-state index contributed by atoms with van der Waals surface area (Å²) in [6.07, 6.45) is -1.95. The summed E-state index contributed by atoms with van der Waals surface area (Å²) < 4.78 is 78.7. The van der Waals surface area contributed by atoms with E-state index in [0.717, 1.165) is 12.8 Å². The SMILES string of the molecule is CCOc1c(C(N)=O)noc1[C@H](c1cn2ncc([C@H](NC(=O)CCC(F)(F)F)C3CC3)cc2n1)C1CCC(F)(F)CC1. The number of amides is 2. The Bertz CT molecular complexity index is 1440. The van der Waals surface area contributed by atoms with Crippen LogP contribution in [0, 0.1) is 11.8 Å². The van der Waals surface area contributed by atoms with Gasteiger partial charge in [0.25, 0.3) is 5.91 Å². The molecule has 5 rings (SSSR count). The number of halogens is 5. The molecule has 15 heteroatoms. The Labute approximate surface area is 237 Å². The van der Waals surface area contributed by atoms with Gasteiger partial charge in [0.15, 0.2) is 17.2 Å². The lowest BCUT2D eigenvalue weighted by Crippen LogP contribution is -2.30. The third kappa shape index (κ3) is 6.65. The molecule has 0 aromatic carbocycles. The van der Waals surface area contributed by atoms with Crippen LogP contribution in [-0.2, 0) is 4.79 Å². The number of carbonyl (C=O) groups is 2. The fraction of sp³-hybridized carbons (Fsp3) is 0.593. The van der Waals surface area contributed by atoms with Crippen molar-refractivity contribution in [2.24, 2.45) is 17.6 Å². The van der Waals surface area contributed by atoms with E-state index < -0.39 is 48.7 Å². The number of fused-ring (bicyclic) bond motifs is 1. The Morgan fingerprint density at radius 2 is 1.93 bits per heavy atom. The molecule has 2 atom stereocenters. The number of hydrogen-bond acceptors (Lipinski definition) is 7. The summed E-state index contributed by atoms with van der Waals surface area (Å²) in [4.78, 5) is 29.0. The molecular weight excluding hydrogens is 567 g/mol. The second-order valence-electron chi connectivity index (χ2n) is 10.9. The molecule has 2 aliphatic rings. The Morgan fingerprint density at radius 3 is 2.55 bits per heavy atom. The van der Waals surface area contributed by atoms with Crippen LogP contribution in [0.5, 0.6) is 5.75 Å². The summed E-state index contributed by atoms with van der Waals surface area (Å²) >= 11 is 0. The number of ether oxygens (including phenoxy) is 1. The Kier molecular flexibility index (Phi) is 8.12. The maximum absolute atomic E-state index is 14.1. The van der Waals surface area contributed by atoms with Crippen LogP contribution >= 0.6 is 0 Å². The van der Waals surface area contributed by atoms with Crippen molar-refractivity contribution in [1.82, 2.24) is 25.1 Å². The van der Waals surface area contributed by atoms with Gasteiger partial charge >= 0.3 is 6.18 Å². The summed E-state index contributed by atoms with van der Waals surface area (Å²) in [5, 5.41) is 10.9. The van der Waals surface area contributed by atoms with Crippen LogP contribution in [0.25, 0.3) is 5.65 Å². The molecule has 0 spiro atoms. The maximum Gasteiger partial charge on any atom is 0.389 e. The first kappa shape index (κ1) is 29.7. The van der Waals surface area contributed by atoms with E-state index >= 15 is 0 Å². The first-order valence-corrected chi connectivity index (χ1v) is 13.9. The largest absolute Gasteiger partial charge is 0.488 e. The average Bonchev–Trinajstić information content (AvgIpc) is 3.54. The molecule has 228 valence electrons. The maximum atomic E-state index is 14.1. The quantitative estimate of drug-likeness (QED) is 0.294. The van der Waals surface area contributed by atoms with Crippen LogP contribution in [0.15, 0.2) is 23.0 Å². The van der Waals surface area contributed by atoms with Crippen molar-refractivity contribution in [2.45, 2.75) is 82.3 Å². The van der Waals surface area contributed by atoms with Crippen LogP contribution in [0.2, 0.25) is 0 Å². The predicted molar refractivity (Wildman–Crippen MR) is 137 cm³/mol. The van der Waals surface area contributed by atoms with E-state index in [2.05, 4.69) is 15.6 Å². The minimum atomic E-state index is -4.44. The predicted octanol–water partition coefficient (Wildman–Crippen LogP) is 5.08. The molecule has 3 aromatic heterocycles. The number of alkyl halides is 5. The Morgan fingerprint density at radius 1 is 1.21 bits per heavy atom. The van der Waals surface area contributed by atoms with Gasteiger partial charge in [-0.15, -0.1) is 0 Å². The molecule has 0 aliphatic heterocycles. The summed E-state index contributed by atoms with van der Waals surface area (Å²) in [6, 6.07) is 1.16. The highest BCUT2D eigenvalue weighted by atomic mass is 19.4. The molecule has 0 saturated heterocycles. The van der Waals surface area contributed by atoms with Crippen molar-refractivity contribution < 1.29 is 40.8 Å². The zero-order valence-corrected chi connectivity index (χ0v) is 22.8. The number of primary amides is 1. The van der Waals surface area contributed by atoms with Gasteiger partial charge in [0, 0.05) is 19.3 Å². The lowest BCUT2D eigenvalue weighted by atomic mass is 9.76. The number of aromatic nitrogens is 4. The molecule has 0 unspecified atom stereocenters. The van der Waals surface area contributed by atoms with Gasteiger partial charge in [-0.2, -0.15) is 18.3 Å². The normalized spacial score (nSPS) is 19.0. The fourth-order valence-electron chi connectivity index (χ4n) is 5.55. The van der Waals surface area contributed by atoms with Gasteiger partial charge < -0.3 is 20.3 Å². The molecule has 2 amide bonds. The van der Waals surface area contributed by atoms with Crippen molar-refractivity contribution in [2.75, 3.05) is 6.61 Å². The van der Waals surface area contributed by atoms with Crippen molar-refractivity contribution in [3.05, 3.63) is 41.2 Å². The zero-order chi connectivity index (χ0) is 30.2. The lowest BCUT2D eigenvalue weighted by molar-refractivity contribution is -0.144. The highest BCUT2D eigenvalue weighted by Crippen LogP contribution is 2.47. The van der Waals surface area contributed by atoms with Gasteiger partial charge in [-0.1, -0.05) is 5.16 Å². The van der Waals surface area contributed by atoms with Gasteiger partial charge in [0.2, 0.25) is 17.5 Å². The van der Waals surface area contributed by atoms with E-state index in [9.17, 15) is 31.5 Å². The summed E-state index contributed by atoms with van der Waals surface area (Å²) in [5.41, 5.74) is 6.63. The number of nitrogens with zero attached hydrogens (tertiary/aromatic N) is 4. The number of carbonyl (C=O) groups excluding carboxylic acids is 2. The minimum Gasteiger partial charge on any atom is -0.488 e. The first-order valence-electron chi connectivity index (χ1n) is 13.9. The van der Waals surface area contributed by atoms with Crippen molar-refractivity contribution in [3.8, 4) is 5.75 Å². The van der Waals surface area contributed by atoms with Gasteiger partial charge in [-0.05, 0) is 56.1 Å². The second-order valence-corrected chi connectivity index (χ2v) is 10.9. The second kappa shape index (κ2) is 11.5. The van der Waals surface area contributed by atoms with E-state index in [0.29, 0.717) is 16.9 Å². The highest BCUT2D eigenvalue weighted by Gasteiger charge is 2.43. The van der Waals surface area contributed by atoms with E-state index in [-0.39, 0.29) is 61.3 Å². The minimum absolute atomic E-state index is 0.0356. The molecule has 42 heavy (non-hydrogen) atoms. The number of nitrogens with two attached hydrogens (primary N) is 1. The zero-order valence-electron chi connectivity index (χ0n) is 22.8. The van der Waals surface area contributed by atoms with Gasteiger partial charge in [0.05, 0.1) is 43.1 Å². The van der Waals surface area contributed by atoms with Crippen LogP contribution < -0.4 is 15.8 Å². The lowest BCUT2D eigenvalue weighted by Gasteiger charge is -2.32. The summed E-state index contributed by atoms with van der Waals surface area (Å²) in [5.74, 6) is -5.19. The molecule has 0 bridgehead atoms. The standard InChI is InChI=1S/C27H31F5N6O4/c1-2-41-24-22(25(33)40)37-42-23(24)20(14-5-8-26(28,29)9-6-14)17-13-38-18(35-17)11-16(12-34-38)21(15-3-4-15)36-19(39)7-10-27(30,31)32/h11-15,20-21H,2-10H2,1H3,(H2,33,40)(H,36,39)/t20-,21+/m0/s1. The molecule has 2 aliphatic carbocycles. The van der Waals surface area contributed by atoms with Crippen LogP contribution in [0.4, 0.5) is 22.0 Å². The number of hydrogen-bond donors (Lipinski definition) is 2. The van der Waals surface area contributed by atoms with Gasteiger partial charge in [-0.25, -0.2) is 18.3 Å². The van der Waals surface area contributed by atoms with Gasteiger partial charge in [-0.3, -0.25) is 9.59 Å². The summed E-state index contributed by atoms with van der Waals surface area (Å²) in [6.45, 7) is 1.86. The van der Waals surface area contributed by atoms with Gasteiger partial charge in [0.1, 0.15) is 0 Å². The molecule has 3 heterocycles. The van der Waals surface area contributed by atoms with Crippen molar-refractivity contribution >= 4 is 17.5 Å². The molecule has 2 saturated carbocycles. The Hall–Kier alpha value is -3.78. The van der Waals surface area contributed by atoms with Crippen molar-refractivity contribution in [3.63, 3.8) is 0 Å². The molecule has 0 radical (unpaired) electrons. The highest BCUT2D eigenvalue weighted by molar-refractivity contribution is 5.93. The third-order valence-electron chi connectivity index (χ3n) is 7.79. The third-order valence-corrected chi connectivity index (χ3v) is 7.79. The molecular formula is C27H31F5N6O4. The summed E-state index contributed by atoms with van der Waals surface area (Å²) in [7, 11) is 0. The van der Waals surface area contributed by atoms with E-state index in [1.54, 1.807) is 19.2 Å². The van der Waals surface area contributed by atoms with Crippen LogP contribution in [0.1, 0.15) is 97.8 Å². The monoisotopic (exact) mass is 598 g/mol. The molecule has 2 fully saturated rings.